The number of aryl methyl sites for hydroxylation is 1. The van der Waals surface area contributed by atoms with E-state index in [2.05, 4.69) is 10.4 Å². The molecule has 2 aliphatic rings. The molecule has 198 valence electrons. The van der Waals surface area contributed by atoms with Gasteiger partial charge in [-0.1, -0.05) is 13.0 Å². The van der Waals surface area contributed by atoms with Gasteiger partial charge in [-0.2, -0.15) is 22.7 Å². The van der Waals surface area contributed by atoms with Gasteiger partial charge in [-0.3, -0.25) is 9.48 Å². The van der Waals surface area contributed by atoms with Crippen LogP contribution in [0.2, 0.25) is 0 Å². The molecule has 12 heteroatoms. The van der Waals surface area contributed by atoms with Gasteiger partial charge in [0.1, 0.15) is 6.10 Å². The van der Waals surface area contributed by atoms with Crippen LogP contribution in [0.15, 0.2) is 18.3 Å². The molecule has 0 spiro atoms. The van der Waals surface area contributed by atoms with E-state index in [1.54, 1.807) is 17.8 Å². The lowest BCUT2D eigenvalue weighted by molar-refractivity contribution is -0.272. The third-order valence-electron chi connectivity index (χ3n) is 7.31. The average molecular weight is 517 g/mol. The van der Waals surface area contributed by atoms with Gasteiger partial charge in [0.15, 0.2) is 17.2 Å². The Morgan fingerprint density at radius 1 is 1.25 bits per heavy atom. The largest absolute Gasteiger partial charge is 0.493 e. The van der Waals surface area contributed by atoms with Crippen LogP contribution >= 0.6 is 0 Å². The Morgan fingerprint density at radius 3 is 2.53 bits per heavy atom. The van der Waals surface area contributed by atoms with Crippen molar-refractivity contribution < 1.29 is 41.0 Å². The molecule has 0 aliphatic carbocycles. The summed E-state index contributed by atoms with van der Waals surface area (Å²) in [7, 11) is 1.08. The van der Waals surface area contributed by atoms with E-state index in [9.17, 15) is 26.7 Å². The number of rotatable bonds is 5. The highest BCUT2D eigenvalue weighted by atomic mass is 19.4. The van der Waals surface area contributed by atoms with Gasteiger partial charge in [-0.25, -0.2) is 4.39 Å². The molecule has 1 amide bonds. The van der Waals surface area contributed by atoms with Gasteiger partial charge in [-0.05, 0) is 32.8 Å². The second-order valence-electron chi connectivity index (χ2n) is 9.38. The molecule has 3 heterocycles. The molecule has 1 aromatic carbocycles. The molecule has 4 atom stereocenters. The van der Waals surface area contributed by atoms with E-state index >= 15 is 0 Å². The zero-order chi connectivity index (χ0) is 26.4. The van der Waals surface area contributed by atoms with Crippen LogP contribution in [0.4, 0.5) is 27.6 Å². The number of nitrogens with one attached hydrogen (secondary N) is 1. The van der Waals surface area contributed by atoms with E-state index in [1.807, 2.05) is 0 Å². The first-order valence-electron chi connectivity index (χ1n) is 11.6. The van der Waals surface area contributed by atoms with E-state index in [1.165, 1.54) is 6.92 Å². The van der Waals surface area contributed by atoms with Crippen LogP contribution in [0, 0.1) is 24.5 Å². The first-order valence-corrected chi connectivity index (χ1v) is 11.6. The number of benzene rings is 1. The number of carbonyl (C=O) groups excluding carboxylic acids is 1. The predicted octanol–water partition coefficient (Wildman–Crippen LogP) is 4.91. The molecule has 7 nitrogen and oxygen atoms in total. The number of aromatic nitrogens is 2. The summed E-state index contributed by atoms with van der Waals surface area (Å²) >= 11 is 0. The van der Waals surface area contributed by atoms with Gasteiger partial charge < -0.3 is 19.5 Å². The zero-order valence-electron chi connectivity index (χ0n) is 20.3. The minimum atomic E-state index is -4.84. The Kier molecular flexibility index (Phi) is 7.04. The van der Waals surface area contributed by atoms with E-state index < -0.39 is 53.0 Å². The third kappa shape index (κ3) is 4.45. The van der Waals surface area contributed by atoms with Crippen LogP contribution in [0.1, 0.15) is 49.9 Å². The summed E-state index contributed by atoms with van der Waals surface area (Å²) in [4.78, 5) is 13.4. The Balaban J connectivity index is 1.70. The number of halogens is 5. The summed E-state index contributed by atoms with van der Waals surface area (Å²) in [6, 6.07) is 1.98. The zero-order valence-corrected chi connectivity index (χ0v) is 20.3. The molecule has 2 aromatic rings. The summed E-state index contributed by atoms with van der Waals surface area (Å²) in [6.07, 6.45) is -3.41. The number of nitrogens with zero attached hydrogens (tertiary/aromatic N) is 2. The number of hydrogen-bond acceptors (Lipinski definition) is 5. The number of amides is 1. The highest BCUT2D eigenvalue weighted by Gasteiger charge is 2.66. The molecule has 1 aromatic heterocycles. The maximum atomic E-state index is 14.5. The molecule has 4 rings (SSSR count). The van der Waals surface area contributed by atoms with Crippen LogP contribution in [0.5, 0.6) is 5.75 Å². The smallest absolute Gasteiger partial charge is 0.417 e. The Hall–Kier alpha value is -2.73. The van der Waals surface area contributed by atoms with Crippen molar-refractivity contribution in [3.63, 3.8) is 0 Å². The number of hydrogen-bond donors (Lipinski definition) is 1. The lowest BCUT2D eigenvalue weighted by Crippen LogP contribution is -2.47. The number of anilines is 1. The first-order chi connectivity index (χ1) is 16.9. The van der Waals surface area contributed by atoms with Crippen molar-refractivity contribution in [1.82, 2.24) is 9.78 Å². The number of ether oxygens (including phenoxy) is 3. The van der Waals surface area contributed by atoms with Crippen LogP contribution in [0.25, 0.3) is 0 Å². The quantitative estimate of drug-likeness (QED) is 0.571. The summed E-state index contributed by atoms with van der Waals surface area (Å²) < 4.78 is 88.1. The lowest BCUT2D eigenvalue weighted by Gasteiger charge is -2.32. The number of carbonyl (C=O) groups is 1. The van der Waals surface area contributed by atoms with Crippen molar-refractivity contribution in [2.75, 3.05) is 25.6 Å². The van der Waals surface area contributed by atoms with Crippen LogP contribution in [-0.4, -0.2) is 53.9 Å². The van der Waals surface area contributed by atoms with Crippen LogP contribution < -0.4 is 10.1 Å². The summed E-state index contributed by atoms with van der Waals surface area (Å²) in [6.45, 7) is 4.93. The normalized spacial score (nSPS) is 27.3. The van der Waals surface area contributed by atoms with Crippen LogP contribution in [0.3, 0.4) is 0 Å². The second kappa shape index (κ2) is 9.62. The number of alkyl halides is 3. The molecule has 2 saturated heterocycles. The molecule has 36 heavy (non-hydrogen) atoms. The standard InChI is InChI=1S/C24H28F5N3O4/c1-12-18(15-5-6-16(25)19(26)20(15)34-4)21(36-23(12,3)24(27,28)29)22(33)30-17-11-32(31-13(17)2)14-7-9-35-10-8-14/h5-6,11-12,14,18,21H,7-10H2,1-4H3,(H,30,33)/t12-,18-,21+,23+/m0/s1. The molecule has 0 saturated carbocycles. The molecule has 0 radical (unpaired) electrons. The van der Waals surface area contributed by atoms with Gasteiger partial charge in [-0.15, -0.1) is 0 Å². The minimum absolute atomic E-state index is 0.0681. The summed E-state index contributed by atoms with van der Waals surface area (Å²) in [5.41, 5.74) is -2.02. The molecule has 0 bridgehead atoms. The summed E-state index contributed by atoms with van der Waals surface area (Å²) in [5, 5.41) is 7.07. The van der Waals surface area contributed by atoms with Crippen molar-refractivity contribution >= 4 is 11.6 Å². The monoisotopic (exact) mass is 517 g/mol. The topological polar surface area (TPSA) is 74.6 Å². The molecule has 2 fully saturated rings. The van der Waals surface area contributed by atoms with Gasteiger partial charge >= 0.3 is 6.18 Å². The van der Waals surface area contributed by atoms with E-state index in [0.717, 1.165) is 39.0 Å². The third-order valence-corrected chi connectivity index (χ3v) is 7.31. The fourth-order valence-electron chi connectivity index (χ4n) is 4.99. The van der Waals surface area contributed by atoms with Gasteiger partial charge in [0.2, 0.25) is 5.82 Å². The number of methoxy groups -OCH3 is 1. The minimum Gasteiger partial charge on any atom is -0.493 e. The van der Waals surface area contributed by atoms with Crippen molar-refractivity contribution in [2.45, 2.75) is 63.5 Å². The SMILES string of the molecule is COc1c([C@H]2[C@H](C(=O)Nc3cn(C4CCOCC4)nc3C)O[C@@](C)(C(F)(F)F)[C@H]2C)ccc(F)c1F. The highest BCUT2D eigenvalue weighted by molar-refractivity contribution is 5.95. The highest BCUT2D eigenvalue weighted by Crippen LogP contribution is 2.55. The molecular formula is C24H28F5N3O4. The van der Waals surface area contributed by atoms with Gasteiger partial charge in [0, 0.05) is 36.8 Å². The molecular weight excluding hydrogens is 489 g/mol. The fraction of sp³-hybridized carbons (Fsp3) is 0.583. The fourth-order valence-corrected chi connectivity index (χ4v) is 4.99. The molecule has 1 N–H and O–H groups in total. The van der Waals surface area contributed by atoms with Crippen molar-refractivity contribution in [3.8, 4) is 5.75 Å². The van der Waals surface area contributed by atoms with Crippen molar-refractivity contribution in [3.05, 3.63) is 41.2 Å². The van der Waals surface area contributed by atoms with Gasteiger partial charge in [0.05, 0.1) is 24.5 Å². The lowest BCUT2D eigenvalue weighted by atomic mass is 9.77. The average Bonchev–Trinajstić information content (AvgIpc) is 3.33. The second-order valence-corrected chi connectivity index (χ2v) is 9.38. The first kappa shape index (κ1) is 26.3. The van der Waals surface area contributed by atoms with E-state index in [-0.39, 0.29) is 11.6 Å². The molecule has 0 unspecified atom stereocenters. The van der Waals surface area contributed by atoms with Crippen LogP contribution in [-0.2, 0) is 14.3 Å². The van der Waals surface area contributed by atoms with E-state index in [4.69, 9.17) is 14.2 Å². The van der Waals surface area contributed by atoms with Gasteiger partial charge in [0.25, 0.3) is 5.91 Å². The van der Waals surface area contributed by atoms with Crippen molar-refractivity contribution in [1.29, 1.82) is 0 Å². The van der Waals surface area contributed by atoms with E-state index in [0.29, 0.717) is 24.6 Å². The Labute approximate surface area is 204 Å². The maximum Gasteiger partial charge on any atom is 0.417 e. The van der Waals surface area contributed by atoms with Crippen molar-refractivity contribution in [2.24, 2.45) is 5.92 Å². The predicted molar refractivity (Wildman–Crippen MR) is 119 cm³/mol. The Morgan fingerprint density at radius 2 is 1.92 bits per heavy atom. The summed E-state index contributed by atoms with van der Waals surface area (Å²) in [5.74, 6) is -6.62. The molecule has 2 aliphatic heterocycles. The maximum absolute atomic E-state index is 14.5. The Bertz CT molecular complexity index is 1130.